The molecule has 0 aromatic heterocycles. The first-order valence-electron chi connectivity index (χ1n) is 14.3. The number of sulfonamides is 1. The molecular formula is C30H39N3O8S2. The standard InChI is InChI=1S/C30H39N3O8S2/c1-21-7-13-24(14-8-21)43(39,40)33-15-5-6-26(33)27(34)31-25(29(36)41-30(2,3)4)20-22-9-11-23(12-10-22)28(35)32-16-18-42(37,38)19-17-32/h7-14,25-26H,5-6,15-20H2,1-4H3,(H,31,34)/t25-,26-/m0/s1. The topological polar surface area (TPSA) is 147 Å². The molecule has 0 unspecified atom stereocenters. The van der Waals surface area contributed by atoms with E-state index in [1.54, 1.807) is 57.2 Å². The van der Waals surface area contributed by atoms with Crippen LogP contribution in [0.1, 0.15) is 55.1 Å². The molecule has 2 aliphatic rings. The molecule has 2 saturated heterocycles. The van der Waals surface area contributed by atoms with Crippen molar-refractivity contribution in [1.82, 2.24) is 14.5 Å². The van der Waals surface area contributed by atoms with E-state index >= 15 is 0 Å². The number of esters is 1. The van der Waals surface area contributed by atoms with Crippen molar-refractivity contribution in [3.8, 4) is 0 Å². The molecular weight excluding hydrogens is 594 g/mol. The lowest BCUT2D eigenvalue weighted by atomic mass is 10.0. The van der Waals surface area contributed by atoms with Gasteiger partial charge in [0.15, 0.2) is 9.84 Å². The molecule has 234 valence electrons. The molecule has 0 radical (unpaired) electrons. The molecule has 4 rings (SSSR count). The van der Waals surface area contributed by atoms with Crippen LogP contribution >= 0.6 is 0 Å². The summed E-state index contributed by atoms with van der Waals surface area (Å²) in [5.41, 5.74) is 1.11. The highest BCUT2D eigenvalue weighted by Gasteiger charge is 2.41. The monoisotopic (exact) mass is 633 g/mol. The van der Waals surface area contributed by atoms with Crippen molar-refractivity contribution in [3.63, 3.8) is 0 Å². The first kappa shape index (κ1) is 32.6. The number of nitrogens with zero attached hydrogens (tertiary/aromatic N) is 2. The molecule has 2 heterocycles. The minimum absolute atomic E-state index is 0.0501. The Morgan fingerprint density at radius 2 is 1.58 bits per heavy atom. The number of amides is 2. The molecule has 2 aromatic carbocycles. The van der Waals surface area contributed by atoms with Gasteiger partial charge in [-0.1, -0.05) is 29.8 Å². The molecule has 43 heavy (non-hydrogen) atoms. The average Bonchev–Trinajstić information content (AvgIpc) is 3.43. The van der Waals surface area contributed by atoms with Crippen molar-refractivity contribution in [3.05, 3.63) is 65.2 Å². The van der Waals surface area contributed by atoms with Crippen LogP contribution in [0.15, 0.2) is 53.4 Å². The summed E-state index contributed by atoms with van der Waals surface area (Å²) in [4.78, 5) is 41.2. The number of carbonyl (C=O) groups excluding carboxylic acids is 3. The van der Waals surface area contributed by atoms with Crippen molar-refractivity contribution in [1.29, 1.82) is 0 Å². The van der Waals surface area contributed by atoms with Crippen molar-refractivity contribution in [2.45, 2.75) is 69.5 Å². The third kappa shape index (κ3) is 8.21. The van der Waals surface area contributed by atoms with E-state index in [1.165, 1.54) is 21.3 Å². The molecule has 2 aromatic rings. The van der Waals surface area contributed by atoms with Crippen LogP contribution in [0.5, 0.6) is 0 Å². The molecule has 0 spiro atoms. The highest BCUT2D eigenvalue weighted by molar-refractivity contribution is 7.91. The number of nitrogens with one attached hydrogen (secondary N) is 1. The van der Waals surface area contributed by atoms with Crippen LogP contribution < -0.4 is 5.32 Å². The van der Waals surface area contributed by atoms with Crippen LogP contribution in [0.2, 0.25) is 0 Å². The van der Waals surface area contributed by atoms with Crippen LogP contribution in [-0.2, 0) is 40.6 Å². The van der Waals surface area contributed by atoms with Gasteiger partial charge < -0.3 is 15.0 Å². The van der Waals surface area contributed by atoms with Crippen LogP contribution in [-0.4, -0.2) is 92.6 Å². The Kier molecular flexibility index (Phi) is 9.67. The summed E-state index contributed by atoms with van der Waals surface area (Å²) in [5.74, 6) is -1.68. The summed E-state index contributed by atoms with van der Waals surface area (Å²) >= 11 is 0. The Hall–Kier alpha value is -3.29. The van der Waals surface area contributed by atoms with Crippen LogP contribution in [0.25, 0.3) is 0 Å². The molecule has 2 atom stereocenters. The van der Waals surface area contributed by atoms with Gasteiger partial charge in [-0.15, -0.1) is 0 Å². The van der Waals surface area contributed by atoms with E-state index in [0.29, 0.717) is 24.0 Å². The molecule has 0 aliphatic carbocycles. The Morgan fingerprint density at radius 1 is 0.977 bits per heavy atom. The summed E-state index contributed by atoms with van der Waals surface area (Å²) < 4.78 is 56.9. The smallest absolute Gasteiger partial charge is 0.329 e. The summed E-state index contributed by atoms with van der Waals surface area (Å²) in [5, 5.41) is 2.74. The molecule has 2 fully saturated rings. The van der Waals surface area contributed by atoms with Gasteiger partial charge >= 0.3 is 5.97 Å². The Bertz CT molecular complexity index is 1550. The van der Waals surface area contributed by atoms with Gasteiger partial charge in [0.25, 0.3) is 5.91 Å². The number of aryl methyl sites for hydroxylation is 1. The SMILES string of the molecule is Cc1ccc(S(=O)(=O)N2CCC[C@H]2C(=O)N[C@@H](Cc2ccc(C(=O)N3CCS(=O)(=O)CC3)cc2)C(=O)OC(C)(C)C)cc1. The Labute approximate surface area is 253 Å². The quantitative estimate of drug-likeness (QED) is 0.435. The maximum atomic E-state index is 13.5. The molecule has 0 bridgehead atoms. The number of hydrogen-bond acceptors (Lipinski definition) is 8. The van der Waals surface area contributed by atoms with E-state index in [0.717, 1.165) is 5.56 Å². The van der Waals surface area contributed by atoms with Crippen LogP contribution in [0, 0.1) is 6.92 Å². The zero-order valence-electron chi connectivity index (χ0n) is 24.9. The fourth-order valence-electron chi connectivity index (χ4n) is 5.09. The van der Waals surface area contributed by atoms with Gasteiger partial charge in [-0.3, -0.25) is 9.59 Å². The maximum absolute atomic E-state index is 13.5. The minimum Gasteiger partial charge on any atom is -0.458 e. The lowest BCUT2D eigenvalue weighted by Gasteiger charge is -2.28. The van der Waals surface area contributed by atoms with E-state index in [-0.39, 0.29) is 48.4 Å². The van der Waals surface area contributed by atoms with Gasteiger partial charge in [-0.25, -0.2) is 21.6 Å². The summed E-state index contributed by atoms with van der Waals surface area (Å²) in [7, 11) is -7.06. The average molecular weight is 634 g/mol. The van der Waals surface area contributed by atoms with Crippen molar-refractivity contribution in [2.75, 3.05) is 31.1 Å². The van der Waals surface area contributed by atoms with Crippen molar-refractivity contribution >= 4 is 37.6 Å². The number of sulfone groups is 1. The van der Waals surface area contributed by atoms with Gasteiger partial charge in [0.05, 0.1) is 16.4 Å². The van der Waals surface area contributed by atoms with Crippen molar-refractivity contribution < 1.29 is 36.0 Å². The number of ether oxygens (including phenoxy) is 1. The highest BCUT2D eigenvalue weighted by Crippen LogP contribution is 2.27. The predicted octanol–water partition coefficient (Wildman–Crippen LogP) is 2.09. The fraction of sp³-hybridized carbons (Fsp3) is 0.500. The van der Waals surface area contributed by atoms with E-state index in [9.17, 15) is 31.2 Å². The second-order valence-electron chi connectivity index (χ2n) is 12.0. The highest BCUT2D eigenvalue weighted by atomic mass is 32.2. The van der Waals surface area contributed by atoms with Gasteiger partial charge in [-0.2, -0.15) is 4.31 Å². The third-order valence-corrected chi connectivity index (χ3v) is 10.9. The summed E-state index contributed by atoms with van der Waals surface area (Å²) in [6.07, 6.45) is 0.861. The molecule has 11 nitrogen and oxygen atoms in total. The predicted molar refractivity (Wildman–Crippen MR) is 161 cm³/mol. The van der Waals surface area contributed by atoms with Crippen LogP contribution in [0.3, 0.4) is 0 Å². The second kappa shape index (κ2) is 12.7. The second-order valence-corrected chi connectivity index (χ2v) is 16.2. The van der Waals surface area contributed by atoms with Gasteiger partial charge in [-0.05, 0) is 70.4 Å². The molecule has 1 N–H and O–H groups in total. The zero-order valence-corrected chi connectivity index (χ0v) is 26.5. The van der Waals surface area contributed by atoms with E-state index < -0.39 is 49.4 Å². The normalized spacial score (nSPS) is 19.9. The first-order chi connectivity index (χ1) is 20.1. The Balaban J connectivity index is 1.49. The van der Waals surface area contributed by atoms with E-state index in [1.807, 2.05) is 6.92 Å². The van der Waals surface area contributed by atoms with Gasteiger partial charge in [0.2, 0.25) is 15.9 Å². The van der Waals surface area contributed by atoms with Gasteiger partial charge in [0, 0.05) is 31.6 Å². The molecule has 2 amide bonds. The number of carbonyl (C=O) groups is 3. The lowest BCUT2D eigenvalue weighted by Crippen LogP contribution is -2.52. The molecule has 0 saturated carbocycles. The molecule has 13 heteroatoms. The number of hydrogen-bond donors (Lipinski definition) is 1. The summed E-state index contributed by atoms with van der Waals surface area (Å²) in [6, 6.07) is 10.9. The molecule has 2 aliphatic heterocycles. The van der Waals surface area contributed by atoms with E-state index in [2.05, 4.69) is 5.32 Å². The minimum atomic E-state index is -3.94. The Morgan fingerprint density at radius 3 is 2.16 bits per heavy atom. The van der Waals surface area contributed by atoms with E-state index in [4.69, 9.17) is 4.74 Å². The maximum Gasteiger partial charge on any atom is 0.329 e. The van der Waals surface area contributed by atoms with Crippen LogP contribution in [0.4, 0.5) is 0 Å². The first-order valence-corrected chi connectivity index (χ1v) is 17.5. The largest absolute Gasteiger partial charge is 0.458 e. The van der Waals surface area contributed by atoms with Crippen molar-refractivity contribution in [2.24, 2.45) is 0 Å². The zero-order chi connectivity index (χ0) is 31.6. The number of benzene rings is 2. The number of rotatable bonds is 8. The van der Waals surface area contributed by atoms with Gasteiger partial charge in [0.1, 0.15) is 17.7 Å². The summed E-state index contributed by atoms with van der Waals surface area (Å²) in [6.45, 7) is 7.44. The third-order valence-electron chi connectivity index (χ3n) is 7.41. The lowest BCUT2D eigenvalue weighted by molar-refractivity contribution is -0.158. The fourth-order valence-corrected chi connectivity index (χ4v) is 7.94.